The van der Waals surface area contributed by atoms with E-state index >= 15 is 0 Å². The molecule has 0 amide bonds. The highest BCUT2D eigenvalue weighted by atomic mass is 15.3. The van der Waals surface area contributed by atoms with E-state index in [1.807, 2.05) is 29.9 Å². The van der Waals surface area contributed by atoms with Crippen LogP contribution < -0.4 is 5.73 Å². The van der Waals surface area contributed by atoms with Gasteiger partial charge in [0.25, 0.3) is 0 Å². The summed E-state index contributed by atoms with van der Waals surface area (Å²) in [5, 5.41) is 4.59. The van der Waals surface area contributed by atoms with Crippen molar-refractivity contribution in [3.8, 4) is 11.4 Å². The first-order chi connectivity index (χ1) is 9.74. The SMILES string of the molecule is Cn1nc(-c2ccccc2)nc1C1C2CCC(C2)C1N. The van der Waals surface area contributed by atoms with Crippen molar-refractivity contribution in [1.29, 1.82) is 0 Å². The van der Waals surface area contributed by atoms with Gasteiger partial charge in [0.1, 0.15) is 5.82 Å². The van der Waals surface area contributed by atoms with Gasteiger partial charge in [-0.05, 0) is 31.1 Å². The van der Waals surface area contributed by atoms with Crippen molar-refractivity contribution in [3.05, 3.63) is 36.2 Å². The fourth-order valence-electron chi connectivity index (χ4n) is 4.12. The van der Waals surface area contributed by atoms with Crippen molar-refractivity contribution in [1.82, 2.24) is 14.8 Å². The fraction of sp³-hybridized carbons (Fsp3) is 0.500. The normalized spacial score (nSPS) is 31.9. The zero-order chi connectivity index (χ0) is 13.7. The summed E-state index contributed by atoms with van der Waals surface area (Å²) in [7, 11) is 1.99. The number of aromatic nitrogens is 3. The predicted molar refractivity (Wildman–Crippen MR) is 78.0 cm³/mol. The summed E-state index contributed by atoms with van der Waals surface area (Å²) in [5.41, 5.74) is 7.51. The van der Waals surface area contributed by atoms with Crippen LogP contribution in [0.15, 0.2) is 30.3 Å². The van der Waals surface area contributed by atoms with Gasteiger partial charge in [-0.3, -0.25) is 4.68 Å². The van der Waals surface area contributed by atoms with Crippen molar-refractivity contribution < 1.29 is 0 Å². The van der Waals surface area contributed by atoms with E-state index in [-0.39, 0.29) is 6.04 Å². The molecule has 2 aliphatic rings. The summed E-state index contributed by atoms with van der Waals surface area (Å²) in [4.78, 5) is 4.80. The molecule has 1 heterocycles. The van der Waals surface area contributed by atoms with E-state index in [9.17, 15) is 0 Å². The molecule has 4 atom stereocenters. The number of nitrogens with zero attached hydrogens (tertiary/aromatic N) is 3. The number of hydrogen-bond acceptors (Lipinski definition) is 3. The molecule has 2 N–H and O–H groups in total. The Kier molecular flexibility index (Phi) is 2.67. The maximum absolute atomic E-state index is 6.43. The van der Waals surface area contributed by atoms with Gasteiger partial charge in [-0.1, -0.05) is 30.3 Å². The highest BCUT2D eigenvalue weighted by molar-refractivity contribution is 5.54. The quantitative estimate of drug-likeness (QED) is 0.909. The van der Waals surface area contributed by atoms with Crippen molar-refractivity contribution in [2.75, 3.05) is 0 Å². The van der Waals surface area contributed by atoms with Crippen LogP contribution in [0.25, 0.3) is 11.4 Å². The van der Waals surface area contributed by atoms with E-state index in [4.69, 9.17) is 10.7 Å². The molecule has 2 fully saturated rings. The van der Waals surface area contributed by atoms with Crippen molar-refractivity contribution in [2.24, 2.45) is 24.6 Å². The second-order valence-electron chi connectivity index (χ2n) is 6.22. The number of benzene rings is 1. The summed E-state index contributed by atoms with van der Waals surface area (Å²) in [6.07, 6.45) is 3.88. The lowest BCUT2D eigenvalue weighted by atomic mass is 9.84. The number of rotatable bonds is 2. The first-order valence-electron chi connectivity index (χ1n) is 7.46. The van der Waals surface area contributed by atoms with E-state index in [0.717, 1.165) is 17.2 Å². The molecule has 1 aromatic heterocycles. The number of hydrogen-bond donors (Lipinski definition) is 1. The summed E-state index contributed by atoms with van der Waals surface area (Å²) in [6.45, 7) is 0. The lowest BCUT2D eigenvalue weighted by molar-refractivity contribution is 0.346. The van der Waals surface area contributed by atoms with Crippen LogP contribution in [-0.4, -0.2) is 20.8 Å². The second kappa shape index (κ2) is 4.42. The number of aryl methyl sites for hydroxylation is 1. The molecule has 4 nitrogen and oxygen atoms in total. The van der Waals surface area contributed by atoms with Gasteiger partial charge in [-0.2, -0.15) is 5.10 Å². The fourth-order valence-corrected chi connectivity index (χ4v) is 4.12. The lowest BCUT2D eigenvalue weighted by Gasteiger charge is -2.26. The molecule has 1 aromatic carbocycles. The van der Waals surface area contributed by atoms with Crippen molar-refractivity contribution >= 4 is 0 Å². The molecular formula is C16H20N4. The van der Waals surface area contributed by atoms with Gasteiger partial charge < -0.3 is 5.73 Å². The molecule has 2 saturated carbocycles. The highest BCUT2D eigenvalue weighted by Crippen LogP contribution is 2.51. The van der Waals surface area contributed by atoms with Crippen LogP contribution in [0.4, 0.5) is 0 Å². The molecule has 104 valence electrons. The maximum Gasteiger partial charge on any atom is 0.181 e. The lowest BCUT2D eigenvalue weighted by Crippen LogP contribution is -2.35. The first kappa shape index (κ1) is 12.1. The van der Waals surface area contributed by atoms with Gasteiger partial charge in [-0.25, -0.2) is 4.98 Å². The maximum atomic E-state index is 6.43. The van der Waals surface area contributed by atoms with E-state index in [2.05, 4.69) is 17.2 Å². The smallest absolute Gasteiger partial charge is 0.181 e. The van der Waals surface area contributed by atoms with Crippen LogP contribution in [0.3, 0.4) is 0 Å². The van der Waals surface area contributed by atoms with Crippen molar-refractivity contribution in [3.63, 3.8) is 0 Å². The van der Waals surface area contributed by atoms with Crippen LogP contribution in [-0.2, 0) is 7.05 Å². The van der Waals surface area contributed by atoms with Gasteiger partial charge in [0.05, 0.1) is 0 Å². The topological polar surface area (TPSA) is 56.7 Å². The molecule has 2 bridgehead atoms. The molecule has 2 aromatic rings. The third-order valence-corrected chi connectivity index (χ3v) is 5.11. The third kappa shape index (κ3) is 1.71. The number of nitrogens with two attached hydrogens (primary N) is 1. The largest absolute Gasteiger partial charge is 0.327 e. The minimum Gasteiger partial charge on any atom is -0.327 e. The molecule has 0 radical (unpaired) electrons. The van der Waals surface area contributed by atoms with Gasteiger partial charge in [0.15, 0.2) is 5.82 Å². The Balaban J connectivity index is 1.72. The molecule has 4 unspecified atom stereocenters. The zero-order valence-electron chi connectivity index (χ0n) is 11.7. The zero-order valence-corrected chi connectivity index (χ0v) is 11.7. The van der Waals surface area contributed by atoms with Crippen LogP contribution >= 0.6 is 0 Å². The van der Waals surface area contributed by atoms with E-state index in [1.54, 1.807) is 0 Å². The van der Waals surface area contributed by atoms with Gasteiger partial charge in [0, 0.05) is 24.6 Å². The van der Waals surface area contributed by atoms with Gasteiger partial charge in [0.2, 0.25) is 0 Å². The Morgan fingerprint density at radius 1 is 1.15 bits per heavy atom. The van der Waals surface area contributed by atoms with E-state index in [0.29, 0.717) is 17.8 Å². The minimum atomic E-state index is 0.264. The monoisotopic (exact) mass is 268 g/mol. The second-order valence-corrected chi connectivity index (χ2v) is 6.22. The standard InChI is InChI=1S/C16H20N4/c1-20-16(13-11-7-8-12(9-11)14(13)17)18-15(19-20)10-5-3-2-4-6-10/h2-6,11-14H,7-9,17H2,1H3. The van der Waals surface area contributed by atoms with Crippen LogP contribution in [0.2, 0.25) is 0 Å². The van der Waals surface area contributed by atoms with Crippen LogP contribution in [0, 0.1) is 11.8 Å². The summed E-state index contributed by atoms with van der Waals surface area (Å²) in [6, 6.07) is 10.4. The first-order valence-corrected chi connectivity index (χ1v) is 7.46. The average Bonchev–Trinajstić information content (AvgIpc) is 3.15. The summed E-state index contributed by atoms with van der Waals surface area (Å²) < 4.78 is 1.94. The predicted octanol–water partition coefficient (Wildman–Crippen LogP) is 2.32. The van der Waals surface area contributed by atoms with E-state index in [1.165, 1.54) is 19.3 Å². The Hall–Kier alpha value is -1.68. The molecule has 20 heavy (non-hydrogen) atoms. The molecule has 0 spiro atoms. The minimum absolute atomic E-state index is 0.264. The van der Waals surface area contributed by atoms with Crippen molar-refractivity contribution in [2.45, 2.75) is 31.2 Å². The number of fused-ring (bicyclic) bond motifs is 2. The Labute approximate surface area is 119 Å². The molecule has 0 aliphatic heterocycles. The third-order valence-electron chi connectivity index (χ3n) is 5.11. The molecular weight excluding hydrogens is 248 g/mol. The molecule has 4 rings (SSSR count). The van der Waals surface area contributed by atoms with E-state index < -0.39 is 0 Å². The Morgan fingerprint density at radius 2 is 1.90 bits per heavy atom. The Morgan fingerprint density at radius 3 is 2.60 bits per heavy atom. The summed E-state index contributed by atoms with van der Waals surface area (Å²) >= 11 is 0. The van der Waals surface area contributed by atoms with Gasteiger partial charge >= 0.3 is 0 Å². The summed E-state index contributed by atoms with van der Waals surface area (Å²) in [5.74, 6) is 3.69. The van der Waals surface area contributed by atoms with Gasteiger partial charge in [-0.15, -0.1) is 0 Å². The average molecular weight is 268 g/mol. The Bertz CT molecular complexity index is 617. The highest BCUT2D eigenvalue weighted by Gasteiger charge is 2.48. The molecule has 2 aliphatic carbocycles. The molecule has 4 heteroatoms. The molecule has 0 saturated heterocycles. The van der Waals surface area contributed by atoms with Crippen LogP contribution in [0.5, 0.6) is 0 Å². The van der Waals surface area contributed by atoms with Crippen LogP contribution in [0.1, 0.15) is 31.0 Å².